The van der Waals surface area contributed by atoms with Crippen molar-refractivity contribution in [3.05, 3.63) is 0 Å². The van der Waals surface area contributed by atoms with Gasteiger partial charge in [0.05, 0.1) is 0 Å². The van der Waals surface area contributed by atoms with Crippen LogP contribution >= 0.6 is 0 Å². The summed E-state index contributed by atoms with van der Waals surface area (Å²) < 4.78 is 5.56. The van der Waals surface area contributed by atoms with Gasteiger partial charge in [0.2, 0.25) is 0 Å². The average molecular weight is 363 g/mol. The van der Waals surface area contributed by atoms with E-state index in [1.807, 2.05) is 6.92 Å². The minimum absolute atomic E-state index is 0.0115. The Kier molecular flexibility index (Phi) is 7.88. The van der Waals surface area contributed by atoms with Crippen LogP contribution in [0.3, 0.4) is 0 Å². The third-order valence-electron chi connectivity index (χ3n) is 8.04. The van der Waals surface area contributed by atoms with Crippen LogP contribution in [0.5, 0.6) is 0 Å². The normalized spacial score (nSPS) is 38.7. The molecule has 3 rings (SSSR count). The third kappa shape index (κ3) is 5.49. The van der Waals surface area contributed by atoms with Crippen LogP contribution in [0, 0.1) is 29.6 Å². The summed E-state index contributed by atoms with van der Waals surface area (Å²) in [4.78, 5) is 11.5. The van der Waals surface area contributed by atoms with Crippen molar-refractivity contribution in [1.29, 1.82) is 0 Å². The minimum Gasteiger partial charge on any atom is -0.462 e. The van der Waals surface area contributed by atoms with Gasteiger partial charge in [0, 0.05) is 6.42 Å². The van der Waals surface area contributed by atoms with Crippen LogP contribution < -0.4 is 0 Å². The van der Waals surface area contributed by atoms with Crippen LogP contribution in [0.25, 0.3) is 0 Å². The number of esters is 1. The monoisotopic (exact) mass is 362 g/mol. The fourth-order valence-electron chi connectivity index (χ4n) is 6.39. The predicted octanol–water partition coefficient (Wildman–Crippen LogP) is 6.91. The Bertz CT molecular complexity index is 408. The number of rotatable bonds is 6. The van der Waals surface area contributed by atoms with E-state index in [1.165, 1.54) is 77.0 Å². The van der Waals surface area contributed by atoms with E-state index in [-0.39, 0.29) is 12.1 Å². The Morgan fingerprint density at radius 3 is 1.54 bits per heavy atom. The first-order valence-corrected chi connectivity index (χ1v) is 11.9. The molecule has 0 aromatic heterocycles. The lowest BCUT2D eigenvalue weighted by Crippen LogP contribution is -2.31. The molecule has 0 heterocycles. The molecular formula is C24H42O2. The zero-order valence-electron chi connectivity index (χ0n) is 17.4. The second-order valence-corrected chi connectivity index (χ2v) is 9.62. The van der Waals surface area contributed by atoms with Crippen molar-refractivity contribution < 1.29 is 9.53 Å². The largest absolute Gasteiger partial charge is 0.462 e. The molecule has 0 bridgehead atoms. The van der Waals surface area contributed by atoms with Crippen LogP contribution in [-0.4, -0.2) is 12.1 Å². The number of ether oxygens (including phenoxy) is 1. The molecule has 0 aliphatic heterocycles. The number of carbonyl (C=O) groups is 1. The van der Waals surface area contributed by atoms with Crippen LogP contribution in [0.1, 0.15) is 110 Å². The summed E-state index contributed by atoms with van der Waals surface area (Å²) >= 11 is 0. The summed E-state index contributed by atoms with van der Waals surface area (Å²) in [6.07, 6.45) is 20.4. The van der Waals surface area contributed by atoms with Crippen molar-refractivity contribution in [2.24, 2.45) is 29.6 Å². The summed E-state index contributed by atoms with van der Waals surface area (Å²) in [6, 6.07) is 0. The van der Waals surface area contributed by atoms with Crippen LogP contribution in [-0.2, 0) is 9.53 Å². The van der Waals surface area contributed by atoms with Crippen molar-refractivity contribution in [2.45, 2.75) is 116 Å². The van der Waals surface area contributed by atoms with E-state index in [9.17, 15) is 4.79 Å². The number of carbonyl (C=O) groups excluding carboxylic acids is 1. The zero-order chi connectivity index (χ0) is 18.4. The molecule has 2 heteroatoms. The van der Waals surface area contributed by atoms with Gasteiger partial charge in [-0.05, 0) is 93.8 Å². The molecule has 26 heavy (non-hydrogen) atoms. The van der Waals surface area contributed by atoms with Gasteiger partial charge in [0.25, 0.3) is 0 Å². The smallest absolute Gasteiger partial charge is 0.305 e. The SMILES string of the molecule is CCC[C@H]1CC[C@H]([C@H]2CC[C@H]([C@H]3CC[C@H](OC(=O)CC)CC3)CC2)CC1. The van der Waals surface area contributed by atoms with E-state index < -0.39 is 0 Å². The molecule has 3 saturated carbocycles. The van der Waals surface area contributed by atoms with Gasteiger partial charge >= 0.3 is 5.97 Å². The van der Waals surface area contributed by atoms with Crippen molar-refractivity contribution in [1.82, 2.24) is 0 Å². The summed E-state index contributed by atoms with van der Waals surface area (Å²) in [7, 11) is 0. The first-order chi connectivity index (χ1) is 12.7. The maximum atomic E-state index is 11.5. The molecule has 0 radical (unpaired) electrons. The molecule has 3 aliphatic carbocycles. The summed E-state index contributed by atoms with van der Waals surface area (Å²) in [5, 5.41) is 0. The molecular weight excluding hydrogens is 320 g/mol. The fourth-order valence-corrected chi connectivity index (χ4v) is 6.39. The molecule has 0 unspecified atom stereocenters. The van der Waals surface area contributed by atoms with E-state index in [2.05, 4.69) is 6.92 Å². The lowest BCUT2D eigenvalue weighted by Gasteiger charge is -2.41. The predicted molar refractivity (Wildman–Crippen MR) is 108 cm³/mol. The molecule has 0 aromatic rings. The van der Waals surface area contributed by atoms with Crippen LogP contribution in [0.4, 0.5) is 0 Å². The Morgan fingerprint density at radius 1 is 0.692 bits per heavy atom. The second-order valence-electron chi connectivity index (χ2n) is 9.62. The van der Waals surface area contributed by atoms with Gasteiger partial charge in [-0.15, -0.1) is 0 Å². The van der Waals surface area contributed by atoms with E-state index in [1.54, 1.807) is 0 Å². The average Bonchev–Trinajstić information content (AvgIpc) is 2.69. The Balaban J connectivity index is 1.35. The van der Waals surface area contributed by atoms with Gasteiger partial charge in [0.1, 0.15) is 6.10 Å². The molecule has 2 nitrogen and oxygen atoms in total. The van der Waals surface area contributed by atoms with Gasteiger partial charge in [-0.3, -0.25) is 4.79 Å². The highest BCUT2D eigenvalue weighted by Crippen LogP contribution is 2.45. The maximum Gasteiger partial charge on any atom is 0.305 e. The molecule has 150 valence electrons. The summed E-state index contributed by atoms with van der Waals surface area (Å²) in [5.41, 5.74) is 0. The van der Waals surface area contributed by atoms with Crippen molar-refractivity contribution in [2.75, 3.05) is 0 Å². The zero-order valence-corrected chi connectivity index (χ0v) is 17.4. The quantitative estimate of drug-likeness (QED) is 0.480. The molecule has 0 spiro atoms. The van der Waals surface area contributed by atoms with Crippen molar-refractivity contribution in [3.63, 3.8) is 0 Å². The number of hydrogen-bond donors (Lipinski definition) is 0. The molecule has 0 aromatic carbocycles. The van der Waals surface area contributed by atoms with Crippen molar-refractivity contribution >= 4 is 5.97 Å². The highest BCUT2D eigenvalue weighted by Gasteiger charge is 2.35. The first-order valence-electron chi connectivity index (χ1n) is 11.9. The van der Waals surface area contributed by atoms with E-state index >= 15 is 0 Å². The summed E-state index contributed by atoms with van der Waals surface area (Å²) in [5.74, 6) is 4.99. The van der Waals surface area contributed by atoms with Crippen LogP contribution in [0.15, 0.2) is 0 Å². The second kappa shape index (κ2) is 10.1. The molecule has 3 fully saturated rings. The highest BCUT2D eigenvalue weighted by molar-refractivity contribution is 5.69. The minimum atomic E-state index is -0.0115. The maximum absolute atomic E-state index is 11.5. The number of hydrogen-bond acceptors (Lipinski definition) is 2. The third-order valence-corrected chi connectivity index (χ3v) is 8.04. The van der Waals surface area contributed by atoms with Gasteiger partial charge in [-0.25, -0.2) is 0 Å². The lowest BCUT2D eigenvalue weighted by molar-refractivity contribution is -0.150. The first kappa shape index (κ1) is 20.2. The lowest BCUT2D eigenvalue weighted by atomic mass is 9.65. The Morgan fingerprint density at radius 2 is 1.12 bits per heavy atom. The van der Waals surface area contributed by atoms with Crippen molar-refractivity contribution in [3.8, 4) is 0 Å². The van der Waals surface area contributed by atoms with Gasteiger partial charge in [-0.2, -0.15) is 0 Å². The molecule has 0 amide bonds. The molecule has 0 atom stereocenters. The Labute approximate surface area is 161 Å². The van der Waals surface area contributed by atoms with Gasteiger partial charge in [0.15, 0.2) is 0 Å². The summed E-state index contributed by atoms with van der Waals surface area (Å²) in [6.45, 7) is 4.23. The fraction of sp³-hybridized carbons (Fsp3) is 0.958. The molecule has 0 N–H and O–H groups in total. The van der Waals surface area contributed by atoms with Gasteiger partial charge < -0.3 is 4.74 Å². The topological polar surface area (TPSA) is 26.3 Å². The van der Waals surface area contributed by atoms with E-state index in [4.69, 9.17) is 4.74 Å². The van der Waals surface area contributed by atoms with Crippen LogP contribution in [0.2, 0.25) is 0 Å². The highest BCUT2D eigenvalue weighted by atomic mass is 16.5. The molecule has 0 saturated heterocycles. The van der Waals surface area contributed by atoms with E-state index in [0.717, 1.165) is 42.4 Å². The Hall–Kier alpha value is -0.530. The van der Waals surface area contributed by atoms with E-state index in [0.29, 0.717) is 6.42 Å². The molecule has 3 aliphatic rings. The standard InChI is InChI=1S/C24H42O2/c1-3-5-18-6-8-19(9-7-18)20-10-12-21(13-11-20)22-14-16-23(17-15-22)26-24(25)4-2/h18-23H,3-17H2,1-2H3/t18-,19-,20-,21-,22-,23-. The van der Waals surface area contributed by atoms with Gasteiger partial charge in [-0.1, -0.05) is 39.5 Å².